The van der Waals surface area contributed by atoms with Crippen molar-refractivity contribution in [2.45, 2.75) is 39.2 Å². The highest BCUT2D eigenvalue weighted by Crippen LogP contribution is 2.30. The molecule has 0 saturated heterocycles. The minimum Gasteiger partial charge on any atom is -0.492 e. The van der Waals surface area contributed by atoms with Crippen molar-refractivity contribution in [1.82, 2.24) is 15.2 Å². The summed E-state index contributed by atoms with van der Waals surface area (Å²) in [4.78, 5) is 31.0. The molecule has 1 atom stereocenters. The molecule has 0 bridgehead atoms. The summed E-state index contributed by atoms with van der Waals surface area (Å²) in [6, 6.07) is 11.4. The first kappa shape index (κ1) is 22.7. The van der Waals surface area contributed by atoms with E-state index in [2.05, 4.69) is 15.6 Å². The van der Waals surface area contributed by atoms with Gasteiger partial charge in [-0.15, -0.1) is 0 Å². The Kier molecular flexibility index (Phi) is 7.28. The summed E-state index contributed by atoms with van der Waals surface area (Å²) < 4.78 is 5.89. The zero-order valence-corrected chi connectivity index (χ0v) is 18.8. The van der Waals surface area contributed by atoms with Crippen molar-refractivity contribution >= 4 is 17.6 Å². The third kappa shape index (κ3) is 5.82. The van der Waals surface area contributed by atoms with E-state index < -0.39 is 5.54 Å². The van der Waals surface area contributed by atoms with E-state index in [-0.39, 0.29) is 17.7 Å². The molecule has 1 heterocycles. The summed E-state index contributed by atoms with van der Waals surface area (Å²) in [5.41, 5.74) is 1.71. The van der Waals surface area contributed by atoms with Crippen molar-refractivity contribution < 1.29 is 14.3 Å². The Balaban J connectivity index is 1.50. The van der Waals surface area contributed by atoms with Gasteiger partial charge in [-0.3, -0.25) is 9.59 Å². The van der Waals surface area contributed by atoms with Crippen LogP contribution in [0.25, 0.3) is 0 Å². The normalized spacial score (nSPS) is 15.3. The number of hydrogen-bond acceptors (Lipinski definition) is 5. The highest BCUT2D eigenvalue weighted by Gasteiger charge is 2.30. The van der Waals surface area contributed by atoms with E-state index in [9.17, 15) is 9.59 Å². The molecule has 0 aliphatic heterocycles. The summed E-state index contributed by atoms with van der Waals surface area (Å²) in [6.45, 7) is 7.40. The van der Waals surface area contributed by atoms with Gasteiger partial charge in [0, 0.05) is 19.2 Å². The topological polar surface area (TPSA) is 83.6 Å². The fraction of sp³-hybridized carbons (Fsp3) is 0.458. The lowest BCUT2D eigenvalue weighted by Crippen LogP contribution is -2.53. The first-order valence-corrected chi connectivity index (χ1v) is 10.8. The number of amides is 2. The maximum Gasteiger partial charge on any atom is 0.242 e. The van der Waals surface area contributed by atoms with E-state index in [0.717, 1.165) is 17.9 Å². The molecule has 0 radical (unpaired) electrons. The Bertz CT molecular complexity index is 914. The standard InChI is InChI=1S/C24H32N4O3/c1-5-26-24(2,3)23(30)28(4)12-13-31-20-10-9-17-14-19(15-18(17)16-20)22(29)27-21-8-6-7-11-25-21/h6-11,16,19,26H,5,12-15H2,1-4H3,(H,25,27,29)/t19-/m1/s1. The fourth-order valence-electron chi connectivity index (χ4n) is 3.93. The third-order valence-electron chi connectivity index (χ3n) is 5.59. The van der Waals surface area contributed by atoms with Crippen LogP contribution in [-0.2, 0) is 22.4 Å². The predicted molar refractivity (Wildman–Crippen MR) is 121 cm³/mol. The number of pyridine rings is 1. The maximum absolute atomic E-state index is 12.6. The van der Waals surface area contributed by atoms with Gasteiger partial charge in [-0.2, -0.15) is 0 Å². The molecular formula is C24H32N4O3. The van der Waals surface area contributed by atoms with Gasteiger partial charge >= 0.3 is 0 Å². The number of nitrogens with zero attached hydrogens (tertiary/aromatic N) is 2. The van der Waals surface area contributed by atoms with Crippen LogP contribution in [0.15, 0.2) is 42.6 Å². The van der Waals surface area contributed by atoms with Crippen LogP contribution in [0.2, 0.25) is 0 Å². The molecule has 31 heavy (non-hydrogen) atoms. The second-order valence-corrected chi connectivity index (χ2v) is 8.47. The van der Waals surface area contributed by atoms with Crippen molar-refractivity contribution in [3.63, 3.8) is 0 Å². The molecule has 0 spiro atoms. The van der Waals surface area contributed by atoms with Crippen LogP contribution in [0.1, 0.15) is 31.9 Å². The monoisotopic (exact) mass is 424 g/mol. The van der Waals surface area contributed by atoms with E-state index in [0.29, 0.717) is 31.8 Å². The molecule has 0 fully saturated rings. The van der Waals surface area contributed by atoms with Gasteiger partial charge in [0.25, 0.3) is 0 Å². The van der Waals surface area contributed by atoms with Gasteiger partial charge in [-0.1, -0.05) is 19.1 Å². The zero-order valence-electron chi connectivity index (χ0n) is 18.8. The molecule has 2 aromatic rings. The fourth-order valence-corrected chi connectivity index (χ4v) is 3.93. The number of ether oxygens (including phenoxy) is 1. The number of anilines is 1. The molecule has 0 saturated carbocycles. The van der Waals surface area contributed by atoms with Crippen LogP contribution >= 0.6 is 0 Å². The lowest BCUT2D eigenvalue weighted by Gasteiger charge is -2.30. The van der Waals surface area contributed by atoms with Gasteiger partial charge < -0.3 is 20.3 Å². The molecule has 3 rings (SSSR count). The SMILES string of the molecule is CCNC(C)(C)C(=O)N(C)CCOc1ccc2c(c1)C[C@H](C(=O)Nc1ccccn1)C2. The summed E-state index contributed by atoms with van der Waals surface area (Å²) in [5.74, 6) is 1.25. The van der Waals surface area contributed by atoms with Crippen molar-refractivity contribution in [2.24, 2.45) is 5.92 Å². The third-order valence-corrected chi connectivity index (χ3v) is 5.59. The first-order valence-electron chi connectivity index (χ1n) is 10.8. The number of carbonyl (C=O) groups is 2. The molecule has 1 aromatic heterocycles. The quantitative estimate of drug-likeness (QED) is 0.647. The number of aromatic nitrogens is 1. The van der Waals surface area contributed by atoms with E-state index >= 15 is 0 Å². The van der Waals surface area contributed by atoms with Crippen LogP contribution in [0.3, 0.4) is 0 Å². The Hall–Kier alpha value is -2.93. The molecule has 2 N–H and O–H groups in total. The van der Waals surface area contributed by atoms with Crippen molar-refractivity contribution in [2.75, 3.05) is 32.1 Å². The lowest BCUT2D eigenvalue weighted by molar-refractivity contribution is -0.136. The Morgan fingerprint density at radius 3 is 2.68 bits per heavy atom. The molecule has 1 aliphatic carbocycles. The second kappa shape index (κ2) is 9.92. The Morgan fingerprint density at radius 2 is 1.97 bits per heavy atom. The summed E-state index contributed by atoms with van der Waals surface area (Å²) in [7, 11) is 1.79. The number of carbonyl (C=O) groups excluding carboxylic acids is 2. The molecule has 7 heteroatoms. The molecule has 1 aromatic carbocycles. The Morgan fingerprint density at radius 1 is 1.19 bits per heavy atom. The second-order valence-electron chi connectivity index (χ2n) is 8.47. The number of likely N-dealkylation sites (N-methyl/N-ethyl adjacent to an activating group) is 2. The van der Waals surface area contributed by atoms with Crippen LogP contribution in [0, 0.1) is 5.92 Å². The van der Waals surface area contributed by atoms with Crippen LogP contribution in [0.4, 0.5) is 5.82 Å². The van der Waals surface area contributed by atoms with E-state index in [1.165, 1.54) is 5.56 Å². The van der Waals surface area contributed by atoms with Gasteiger partial charge in [0.2, 0.25) is 11.8 Å². The number of fused-ring (bicyclic) bond motifs is 1. The number of benzene rings is 1. The van der Waals surface area contributed by atoms with E-state index in [1.54, 1.807) is 24.2 Å². The van der Waals surface area contributed by atoms with Crippen LogP contribution in [0.5, 0.6) is 5.75 Å². The minimum absolute atomic E-state index is 0.0131. The molecule has 1 aliphatic rings. The number of hydrogen-bond donors (Lipinski definition) is 2. The van der Waals surface area contributed by atoms with Gasteiger partial charge in [0.05, 0.1) is 12.1 Å². The highest BCUT2D eigenvalue weighted by atomic mass is 16.5. The van der Waals surface area contributed by atoms with Gasteiger partial charge in [-0.25, -0.2) is 4.98 Å². The maximum atomic E-state index is 12.6. The van der Waals surface area contributed by atoms with Crippen molar-refractivity contribution in [3.8, 4) is 5.75 Å². The first-order chi connectivity index (χ1) is 14.8. The van der Waals surface area contributed by atoms with E-state index in [1.807, 2.05) is 51.1 Å². The highest BCUT2D eigenvalue weighted by molar-refractivity contribution is 5.92. The van der Waals surface area contributed by atoms with Crippen molar-refractivity contribution in [1.29, 1.82) is 0 Å². The lowest BCUT2D eigenvalue weighted by atomic mass is 10.0. The van der Waals surface area contributed by atoms with Gasteiger partial charge in [0.15, 0.2) is 0 Å². The van der Waals surface area contributed by atoms with E-state index in [4.69, 9.17) is 4.74 Å². The predicted octanol–water partition coefficient (Wildman–Crippen LogP) is 2.66. The smallest absolute Gasteiger partial charge is 0.242 e. The summed E-state index contributed by atoms with van der Waals surface area (Å²) in [5, 5.41) is 6.09. The number of nitrogens with one attached hydrogen (secondary N) is 2. The van der Waals surface area contributed by atoms with Crippen molar-refractivity contribution in [3.05, 3.63) is 53.7 Å². The largest absolute Gasteiger partial charge is 0.492 e. The summed E-state index contributed by atoms with van der Waals surface area (Å²) in [6.07, 6.45) is 3.06. The average molecular weight is 425 g/mol. The molecule has 7 nitrogen and oxygen atoms in total. The average Bonchev–Trinajstić information content (AvgIpc) is 3.17. The minimum atomic E-state index is -0.595. The molecule has 0 unspecified atom stereocenters. The van der Waals surface area contributed by atoms with Crippen LogP contribution < -0.4 is 15.4 Å². The molecule has 166 valence electrons. The zero-order chi connectivity index (χ0) is 22.4. The van der Waals surface area contributed by atoms with Gasteiger partial charge in [-0.05, 0) is 68.6 Å². The van der Waals surface area contributed by atoms with Crippen LogP contribution in [-0.4, -0.2) is 54.0 Å². The molecular weight excluding hydrogens is 392 g/mol. The van der Waals surface area contributed by atoms with Gasteiger partial charge in [0.1, 0.15) is 18.2 Å². The Labute approximate surface area is 184 Å². The number of rotatable bonds is 9. The summed E-state index contributed by atoms with van der Waals surface area (Å²) >= 11 is 0. The molecule has 2 amide bonds.